The van der Waals surface area contributed by atoms with Crippen LogP contribution in [0.5, 0.6) is 0 Å². The third-order valence-corrected chi connectivity index (χ3v) is 11.3. The van der Waals surface area contributed by atoms with E-state index in [1.165, 1.54) is 161 Å². The number of hydrogen-bond donors (Lipinski definition) is 3. The second-order valence-corrected chi connectivity index (χ2v) is 16.8. The number of carbonyl (C=O) groups excluding carboxylic acids is 2. The summed E-state index contributed by atoms with van der Waals surface area (Å²) in [6.45, 7) is 4.90. The minimum Gasteiger partial charge on any atom is -0.466 e. The lowest BCUT2D eigenvalue weighted by Crippen LogP contribution is -2.45. The Bertz CT molecular complexity index is 817. The first-order valence-electron chi connectivity index (χ1n) is 24.4. The van der Waals surface area contributed by atoms with Crippen molar-refractivity contribution >= 4 is 11.9 Å². The smallest absolute Gasteiger partial charge is 0.305 e. The molecule has 0 aromatic rings. The van der Waals surface area contributed by atoms with Crippen molar-refractivity contribution in [2.24, 2.45) is 0 Å². The second kappa shape index (κ2) is 45.3. The number of rotatable bonds is 45. The van der Waals surface area contributed by atoms with Gasteiger partial charge in [0.2, 0.25) is 5.91 Å². The van der Waals surface area contributed by atoms with Crippen LogP contribution in [-0.4, -0.2) is 47.4 Å². The first-order chi connectivity index (χ1) is 27.0. The molecule has 0 aliphatic heterocycles. The van der Waals surface area contributed by atoms with Gasteiger partial charge in [-0.1, -0.05) is 212 Å². The van der Waals surface area contributed by atoms with Crippen LogP contribution >= 0.6 is 0 Å². The molecule has 0 aliphatic rings. The van der Waals surface area contributed by atoms with Gasteiger partial charge in [-0.2, -0.15) is 0 Å². The molecule has 0 saturated heterocycles. The molecule has 55 heavy (non-hydrogen) atoms. The maximum absolute atomic E-state index is 12.4. The molecule has 0 aromatic carbocycles. The molecule has 0 saturated carbocycles. The van der Waals surface area contributed by atoms with Crippen LogP contribution in [0.25, 0.3) is 0 Å². The molecule has 1 amide bonds. The lowest BCUT2D eigenvalue weighted by molar-refractivity contribution is -0.143. The molecule has 0 bridgehead atoms. The predicted molar refractivity (Wildman–Crippen MR) is 237 cm³/mol. The highest BCUT2D eigenvalue weighted by Gasteiger charge is 2.20. The Hall–Kier alpha value is -1.40. The van der Waals surface area contributed by atoms with Crippen molar-refractivity contribution in [3.63, 3.8) is 0 Å². The van der Waals surface area contributed by atoms with Crippen LogP contribution in [0, 0.1) is 0 Å². The number of ether oxygens (including phenoxy) is 1. The molecule has 6 nitrogen and oxygen atoms in total. The van der Waals surface area contributed by atoms with Crippen molar-refractivity contribution in [3.05, 3.63) is 12.2 Å². The highest BCUT2D eigenvalue weighted by atomic mass is 16.5. The van der Waals surface area contributed by atoms with Crippen LogP contribution in [0.3, 0.4) is 0 Å². The van der Waals surface area contributed by atoms with Gasteiger partial charge in [-0.15, -0.1) is 0 Å². The van der Waals surface area contributed by atoms with Crippen LogP contribution in [0.15, 0.2) is 12.2 Å². The summed E-state index contributed by atoms with van der Waals surface area (Å²) in [6.07, 6.45) is 50.3. The standard InChI is InChI=1S/C49H95NO5/c1-3-5-7-9-11-13-15-16-17-20-23-27-31-35-39-43-49(54)55-44-40-36-32-28-24-21-18-19-22-26-30-34-38-42-48(53)50-46(45-51)47(52)41-37-33-29-25-14-12-10-8-6-4-2/h19,22,46-47,51-52H,3-18,20-21,23-45H2,1-2H3,(H,50,53)/b22-19-. The van der Waals surface area contributed by atoms with Gasteiger partial charge in [0, 0.05) is 12.8 Å². The summed E-state index contributed by atoms with van der Waals surface area (Å²) in [5.74, 6) is -0.0765. The number of carbonyl (C=O) groups is 2. The van der Waals surface area contributed by atoms with E-state index in [0.717, 1.165) is 70.6 Å². The van der Waals surface area contributed by atoms with Crippen molar-refractivity contribution < 1.29 is 24.5 Å². The van der Waals surface area contributed by atoms with Gasteiger partial charge in [0.25, 0.3) is 0 Å². The number of esters is 1. The largest absolute Gasteiger partial charge is 0.466 e. The van der Waals surface area contributed by atoms with Crippen molar-refractivity contribution in [1.82, 2.24) is 5.32 Å². The van der Waals surface area contributed by atoms with Gasteiger partial charge in [0.05, 0.1) is 25.4 Å². The lowest BCUT2D eigenvalue weighted by Gasteiger charge is -2.22. The summed E-state index contributed by atoms with van der Waals surface area (Å²) in [7, 11) is 0. The first kappa shape index (κ1) is 53.6. The Balaban J connectivity index is 3.46. The Morgan fingerprint density at radius 3 is 1.31 bits per heavy atom. The molecule has 0 spiro atoms. The zero-order valence-electron chi connectivity index (χ0n) is 36.9. The Kier molecular flexibility index (Phi) is 44.2. The topological polar surface area (TPSA) is 95.9 Å². The number of unbranched alkanes of at least 4 members (excludes halogenated alkanes) is 32. The van der Waals surface area contributed by atoms with Crippen LogP contribution in [0.2, 0.25) is 0 Å². The van der Waals surface area contributed by atoms with Crippen LogP contribution in [0.4, 0.5) is 0 Å². The van der Waals surface area contributed by atoms with Crippen molar-refractivity contribution in [2.45, 2.75) is 276 Å². The number of amides is 1. The molecule has 0 aliphatic carbocycles. The fourth-order valence-electron chi connectivity index (χ4n) is 7.51. The van der Waals surface area contributed by atoms with Crippen molar-refractivity contribution in [2.75, 3.05) is 13.2 Å². The second-order valence-electron chi connectivity index (χ2n) is 16.8. The Morgan fingerprint density at radius 1 is 0.491 bits per heavy atom. The quantitative estimate of drug-likeness (QED) is 0.0325. The number of aliphatic hydroxyl groups excluding tert-OH is 2. The van der Waals surface area contributed by atoms with Crippen LogP contribution in [0.1, 0.15) is 264 Å². The van der Waals surface area contributed by atoms with E-state index in [9.17, 15) is 19.8 Å². The molecule has 3 N–H and O–H groups in total. The fraction of sp³-hybridized carbons (Fsp3) is 0.918. The number of aliphatic hydroxyl groups is 2. The zero-order chi connectivity index (χ0) is 40.1. The van der Waals surface area contributed by atoms with E-state index in [1.54, 1.807) is 0 Å². The maximum atomic E-state index is 12.4. The molecule has 0 aromatic heterocycles. The molecule has 0 heterocycles. The molecule has 2 atom stereocenters. The molecular formula is C49H95NO5. The van der Waals surface area contributed by atoms with Gasteiger partial charge in [0.15, 0.2) is 0 Å². The summed E-state index contributed by atoms with van der Waals surface area (Å²) in [4.78, 5) is 24.4. The van der Waals surface area contributed by atoms with Gasteiger partial charge >= 0.3 is 5.97 Å². The van der Waals surface area contributed by atoms with Crippen LogP contribution in [-0.2, 0) is 14.3 Å². The SMILES string of the molecule is CCCCCCCCCCCCCCCCCC(=O)OCCCCCCCC/C=C\CCCCCC(=O)NC(CO)C(O)CCCCCCCCCCCC. The molecular weight excluding hydrogens is 683 g/mol. The first-order valence-corrected chi connectivity index (χ1v) is 24.4. The maximum Gasteiger partial charge on any atom is 0.305 e. The minimum absolute atomic E-state index is 0.0101. The lowest BCUT2D eigenvalue weighted by atomic mass is 10.0. The molecule has 6 heteroatoms. The molecule has 0 rings (SSSR count). The number of allylic oxidation sites excluding steroid dienone is 2. The Labute approximate surface area is 342 Å². The summed E-state index contributed by atoms with van der Waals surface area (Å²) in [6, 6.07) is -0.558. The molecule has 2 unspecified atom stereocenters. The number of hydrogen-bond acceptors (Lipinski definition) is 5. The van der Waals surface area contributed by atoms with E-state index >= 15 is 0 Å². The predicted octanol–water partition coefficient (Wildman–Crippen LogP) is 14.2. The monoisotopic (exact) mass is 778 g/mol. The average molecular weight is 778 g/mol. The molecule has 326 valence electrons. The third-order valence-electron chi connectivity index (χ3n) is 11.3. The molecule has 0 radical (unpaired) electrons. The summed E-state index contributed by atoms with van der Waals surface area (Å²) < 4.78 is 5.45. The summed E-state index contributed by atoms with van der Waals surface area (Å²) in [5.41, 5.74) is 0. The fourth-order valence-corrected chi connectivity index (χ4v) is 7.51. The van der Waals surface area contributed by atoms with Gasteiger partial charge in [-0.05, 0) is 51.4 Å². The van der Waals surface area contributed by atoms with Crippen molar-refractivity contribution in [3.8, 4) is 0 Å². The van der Waals surface area contributed by atoms with Gasteiger partial charge in [-0.25, -0.2) is 0 Å². The van der Waals surface area contributed by atoms with E-state index in [0.29, 0.717) is 25.9 Å². The van der Waals surface area contributed by atoms with Gasteiger partial charge in [-0.3, -0.25) is 9.59 Å². The van der Waals surface area contributed by atoms with E-state index in [-0.39, 0.29) is 18.5 Å². The summed E-state index contributed by atoms with van der Waals surface area (Å²) in [5, 5.41) is 23.0. The highest BCUT2D eigenvalue weighted by Crippen LogP contribution is 2.16. The van der Waals surface area contributed by atoms with Gasteiger partial charge < -0.3 is 20.3 Å². The van der Waals surface area contributed by atoms with E-state index in [4.69, 9.17) is 4.74 Å². The summed E-state index contributed by atoms with van der Waals surface area (Å²) >= 11 is 0. The van der Waals surface area contributed by atoms with Crippen LogP contribution < -0.4 is 5.32 Å². The van der Waals surface area contributed by atoms with E-state index in [1.807, 2.05) is 0 Å². The normalized spacial score (nSPS) is 12.7. The number of nitrogens with one attached hydrogen (secondary N) is 1. The van der Waals surface area contributed by atoms with Crippen molar-refractivity contribution in [1.29, 1.82) is 0 Å². The minimum atomic E-state index is -0.678. The Morgan fingerprint density at radius 2 is 0.855 bits per heavy atom. The highest BCUT2D eigenvalue weighted by molar-refractivity contribution is 5.76. The molecule has 0 fully saturated rings. The zero-order valence-corrected chi connectivity index (χ0v) is 36.9. The van der Waals surface area contributed by atoms with Gasteiger partial charge in [0.1, 0.15) is 0 Å². The van der Waals surface area contributed by atoms with E-state index < -0.39 is 12.1 Å². The average Bonchev–Trinajstić information content (AvgIpc) is 3.18. The third kappa shape index (κ3) is 42.0. The van der Waals surface area contributed by atoms with E-state index in [2.05, 4.69) is 31.3 Å².